The Morgan fingerprint density at radius 1 is 1.20 bits per heavy atom. The van der Waals surface area contributed by atoms with Gasteiger partial charge in [-0.3, -0.25) is 0 Å². The highest BCUT2D eigenvalue weighted by atomic mass is 35.5. The molecule has 1 heterocycles. The molecule has 0 aliphatic heterocycles. The smallest absolute Gasteiger partial charge is 0.182 e. The Balaban J connectivity index is 2.44. The Morgan fingerprint density at radius 3 is 2.40 bits per heavy atom. The van der Waals surface area contributed by atoms with Gasteiger partial charge in [-0.1, -0.05) is 34.5 Å². The van der Waals surface area contributed by atoms with Crippen molar-refractivity contribution in [1.82, 2.24) is 4.98 Å². The van der Waals surface area contributed by atoms with E-state index in [9.17, 15) is 0 Å². The number of hydrogen-bond donors (Lipinski definition) is 1. The number of rotatable bonds is 2. The average molecular weight is 259 g/mol. The van der Waals surface area contributed by atoms with E-state index in [-0.39, 0.29) is 0 Å². The van der Waals surface area contributed by atoms with Crippen LogP contribution in [0.4, 0.5) is 5.13 Å². The molecule has 0 unspecified atom stereocenters. The van der Waals surface area contributed by atoms with Crippen LogP contribution in [0.2, 0.25) is 10.0 Å². The third kappa shape index (κ3) is 2.43. The third-order valence-corrected chi connectivity index (χ3v) is 3.37. The van der Waals surface area contributed by atoms with Crippen molar-refractivity contribution in [2.24, 2.45) is 0 Å². The van der Waals surface area contributed by atoms with Gasteiger partial charge in [-0.15, -0.1) is 0 Å². The molecular weight excluding hydrogens is 251 g/mol. The second kappa shape index (κ2) is 4.39. The van der Waals surface area contributed by atoms with Crippen LogP contribution >= 0.6 is 34.5 Å². The van der Waals surface area contributed by atoms with Gasteiger partial charge < -0.3 is 5.32 Å². The lowest BCUT2D eigenvalue weighted by atomic mass is 10.2. The lowest BCUT2D eigenvalue weighted by Gasteiger charge is -1.98. The van der Waals surface area contributed by atoms with Crippen LogP contribution in [0, 0.1) is 0 Å². The zero-order chi connectivity index (χ0) is 10.8. The van der Waals surface area contributed by atoms with Gasteiger partial charge in [0.1, 0.15) is 0 Å². The standard InChI is InChI=1S/C10H8Cl2N2S/c1-13-10-14-5-9(15-10)6-2-7(11)4-8(12)3-6/h2-5H,1H3,(H,13,14). The predicted octanol–water partition coefficient (Wildman–Crippen LogP) is 4.16. The molecule has 0 aliphatic carbocycles. The first kappa shape index (κ1) is 10.7. The first-order chi connectivity index (χ1) is 7.19. The van der Waals surface area contributed by atoms with Crippen molar-refractivity contribution in [3.05, 3.63) is 34.4 Å². The van der Waals surface area contributed by atoms with Gasteiger partial charge in [-0.25, -0.2) is 4.98 Å². The molecule has 2 rings (SSSR count). The van der Waals surface area contributed by atoms with Gasteiger partial charge in [0.2, 0.25) is 0 Å². The molecule has 0 saturated carbocycles. The van der Waals surface area contributed by atoms with Crippen LogP contribution in [0.5, 0.6) is 0 Å². The Bertz CT molecular complexity index is 462. The molecule has 0 bridgehead atoms. The lowest BCUT2D eigenvalue weighted by Crippen LogP contribution is -1.83. The summed E-state index contributed by atoms with van der Waals surface area (Å²) in [5.74, 6) is 0. The van der Waals surface area contributed by atoms with Crippen LogP contribution in [0.25, 0.3) is 10.4 Å². The number of anilines is 1. The highest BCUT2D eigenvalue weighted by Gasteiger charge is 2.05. The fourth-order valence-electron chi connectivity index (χ4n) is 1.22. The number of nitrogens with zero attached hydrogens (tertiary/aromatic N) is 1. The Hall–Kier alpha value is -0.770. The van der Waals surface area contributed by atoms with Crippen molar-refractivity contribution in [3.8, 4) is 10.4 Å². The van der Waals surface area contributed by atoms with Crippen LogP contribution in [0.1, 0.15) is 0 Å². The zero-order valence-corrected chi connectivity index (χ0v) is 10.2. The van der Waals surface area contributed by atoms with Gasteiger partial charge >= 0.3 is 0 Å². The molecule has 0 fully saturated rings. The quantitative estimate of drug-likeness (QED) is 0.875. The number of benzene rings is 1. The number of nitrogens with one attached hydrogen (secondary N) is 1. The van der Waals surface area contributed by atoms with Crippen LogP contribution in [0.3, 0.4) is 0 Å². The SMILES string of the molecule is CNc1ncc(-c2cc(Cl)cc(Cl)c2)s1. The monoisotopic (exact) mass is 258 g/mol. The molecule has 0 aliphatic rings. The summed E-state index contributed by atoms with van der Waals surface area (Å²) < 4.78 is 0. The van der Waals surface area contributed by atoms with E-state index in [1.165, 1.54) is 0 Å². The topological polar surface area (TPSA) is 24.9 Å². The Kier molecular flexibility index (Phi) is 3.14. The Labute approximate surface area is 102 Å². The van der Waals surface area contributed by atoms with Crippen molar-refractivity contribution in [3.63, 3.8) is 0 Å². The summed E-state index contributed by atoms with van der Waals surface area (Å²) in [6.45, 7) is 0. The van der Waals surface area contributed by atoms with Crippen LogP contribution in [0.15, 0.2) is 24.4 Å². The van der Waals surface area contributed by atoms with E-state index >= 15 is 0 Å². The number of halogens is 2. The van der Waals surface area contributed by atoms with Gasteiger partial charge in [-0.05, 0) is 23.8 Å². The summed E-state index contributed by atoms with van der Waals surface area (Å²) in [4.78, 5) is 5.24. The molecule has 1 N–H and O–H groups in total. The first-order valence-corrected chi connectivity index (χ1v) is 5.86. The summed E-state index contributed by atoms with van der Waals surface area (Å²) in [6.07, 6.45) is 1.80. The normalized spacial score (nSPS) is 10.3. The van der Waals surface area contributed by atoms with E-state index in [1.807, 2.05) is 19.2 Å². The number of hydrogen-bond acceptors (Lipinski definition) is 3. The van der Waals surface area contributed by atoms with Gasteiger partial charge in [0.25, 0.3) is 0 Å². The van der Waals surface area contributed by atoms with Gasteiger partial charge in [-0.2, -0.15) is 0 Å². The van der Waals surface area contributed by atoms with E-state index < -0.39 is 0 Å². The molecule has 2 nitrogen and oxygen atoms in total. The van der Waals surface area contributed by atoms with E-state index in [0.29, 0.717) is 10.0 Å². The summed E-state index contributed by atoms with van der Waals surface area (Å²) in [7, 11) is 1.84. The minimum atomic E-state index is 0.636. The fourth-order valence-corrected chi connectivity index (χ4v) is 2.50. The van der Waals surface area contributed by atoms with Gasteiger partial charge in [0.15, 0.2) is 5.13 Å². The predicted molar refractivity (Wildman–Crippen MR) is 67.1 cm³/mol. The summed E-state index contributed by atoms with van der Waals surface area (Å²) >= 11 is 13.4. The molecule has 0 atom stereocenters. The molecule has 15 heavy (non-hydrogen) atoms. The maximum atomic E-state index is 5.92. The fraction of sp³-hybridized carbons (Fsp3) is 0.100. The molecule has 5 heteroatoms. The number of aromatic nitrogens is 1. The molecule has 0 amide bonds. The molecule has 1 aromatic heterocycles. The molecule has 78 valence electrons. The van der Waals surface area contributed by atoms with Crippen LogP contribution < -0.4 is 5.32 Å². The molecule has 0 saturated heterocycles. The van der Waals surface area contributed by atoms with E-state index in [2.05, 4.69) is 10.3 Å². The van der Waals surface area contributed by atoms with Crippen molar-refractivity contribution in [1.29, 1.82) is 0 Å². The summed E-state index contributed by atoms with van der Waals surface area (Å²) in [5, 5.41) is 5.14. The summed E-state index contributed by atoms with van der Waals surface area (Å²) in [6, 6.07) is 5.47. The highest BCUT2D eigenvalue weighted by Crippen LogP contribution is 2.32. The second-order valence-electron chi connectivity index (χ2n) is 2.94. The maximum absolute atomic E-state index is 5.92. The van der Waals surface area contributed by atoms with Gasteiger partial charge in [0.05, 0.1) is 4.88 Å². The molecule has 2 aromatic rings. The van der Waals surface area contributed by atoms with E-state index in [0.717, 1.165) is 15.6 Å². The van der Waals surface area contributed by atoms with E-state index in [4.69, 9.17) is 23.2 Å². The largest absolute Gasteiger partial charge is 0.365 e. The van der Waals surface area contributed by atoms with Crippen molar-refractivity contribution in [2.75, 3.05) is 12.4 Å². The molecule has 0 radical (unpaired) electrons. The first-order valence-electron chi connectivity index (χ1n) is 4.29. The van der Waals surface area contributed by atoms with Crippen LogP contribution in [-0.2, 0) is 0 Å². The molecule has 1 aromatic carbocycles. The van der Waals surface area contributed by atoms with E-state index in [1.54, 1.807) is 23.6 Å². The maximum Gasteiger partial charge on any atom is 0.182 e. The summed E-state index contributed by atoms with van der Waals surface area (Å²) in [5.41, 5.74) is 0.992. The highest BCUT2D eigenvalue weighted by molar-refractivity contribution is 7.18. The molecule has 0 spiro atoms. The van der Waals surface area contributed by atoms with Crippen molar-refractivity contribution < 1.29 is 0 Å². The van der Waals surface area contributed by atoms with Crippen LogP contribution in [-0.4, -0.2) is 12.0 Å². The minimum absolute atomic E-state index is 0.636. The van der Waals surface area contributed by atoms with Gasteiger partial charge in [0, 0.05) is 23.3 Å². The Morgan fingerprint density at radius 2 is 1.87 bits per heavy atom. The van der Waals surface area contributed by atoms with Crippen molar-refractivity contribution >= 4 is 39.7 Å². The average Bonchev–Trinajstić information content (AvgIpc) is 2.64. The van der Waals surface area contributed by atoms with Crippen molar-refractivity contribution in [2.45, 2.75) is 0 Å². The molecular formula is C10H8Cl2N2S. The number of thiazole rings is 1. The third-order valence-electron chi connectivity index (χ3n) is 1.87. The lowest BCUT2D eigenvalue weighted by molar-refractivity contribution is 1.37. The minimum Gasteiger partial charge on any atom is -0.365 e. The zero-order valence-electron chi connectivity index (χ0n) is 7.92. The second-order valence-corrected chi connectivity index (χ2v) is 4.84.